The lowest BCUT2D eigenvalue weighted by Crippen LogP contribution is -2.49. The lowest BCUT2D eigenvalue weighted by atomic mass is 10.1. The highest BCUT2D eigenvalue weighted by Crippen LogP contribution is 2.36. The number of hydrogen-bond acceptors (Lipinski definition) is 12. The molecule has 2 amide bonds. The lowest BCUT2D eigenvalue weighted by Gasteiger charge is -2.36. The summed E-state index contributed by atoms with van der Waals surface area (Å²) in [7, 11) is 0. The highest BCUT2D eigenvalue weighted by molar-refractivity contribution is 7.17. The Bertz CT molecular complexity index is 2090. The molecule has 1 aromatic carbocycles. The van der Waals surface area contributed by atoms with Gasteiger partial charge in [0.2, 0.25) is 5.91 Å². The van der Waals surface area contributed by atoms with Gasteiger partial charge in [0.05, 0.1) is 23.3 Å². The zero-order valence-corrected chi connectivity index (χ0v) is 30.0. The molecule has 0 aliphatic carbocycles. The Balaban J connectivity index is 0.983. The van der Waals surface area contributed by atoms with Crippen LogP contribution in [0.3, 0.4) is 0 Å². The second-order valence-corrected chi connectivity index (χ2v) is 14.6. The van der Waals surface area contributed by atoms with Crippen LogP contribution in [0.15, 0.2) is 35.5 Å². The van der Waals surface area contributed by atoms with Crippen LogP contribution in [-0.4, -0.2) is 78.8 Å². The summed E-state index contributed by atoms with van der Waals surface area (Å²) in [6.07, 6.45) is 3.63. The largest absolute Gasteiger partial charge is 0.353 e. The van der Waals surface area contributed by atoms with E-state index in [4.69, 9.17) is 16.6 Å². The van der Waals surface area contributed by atoms with Gasteiger partial charge in [0, 0.05) is 48.9 Å². The average molecular weight is 716 g/mol. The van der Waals surface area contributed by atoms with Gasteiger partial charge in [-0.05, 0) is 51.8 Å². The smallest absolute Gasteiger partial charge is 0.267 e. The summed E-state index contributed by atoms with van der Waals surface area (Å²) in [5.41, 5.74) is 3.70. The Hall–Kier alpha value is -4.73. The number of amides is 2. The Morgan fingerprint density at radius 2 is 1.82 bits per heavy atom. The van der Waals surface area contributed by atoms with Crippen LogP contribution in [0.1, 0.15) is 61.2 Å². The van der Waals surface area contributed by atoms with E-state index < -0.39 is 6.04 Å². The molecule has 0 bridgehead atoms. The molecule has 1 saturated heterocycles. The molecule has 7 rings (SSSR count). The third-order valence-corrected chi connectivity index (χ3v) is 11.2. The summed E-state index contributed by atoms with van der Waals surface area (Å²) in [5.74, 6) is 3.12. The Labute approximate surface area is 296 Å². The molecule has 49 heavy (non-hydrogen) atoms. The van der Waals surface area contributed by atoms with Crippen LogP contribution < -0.4 is 15.5 Å². The molecule has 6 heterocycles. The third kappa shape index (κ3) is 6.53. The fourth-order valence-corrected chi connectivity index (χ4v) is 8.11. The molecular weight excluding hydrogens is 682 g/mol. The number of anilines is 4. The summed E-state index contributed by atoms with van der Waals surface area (Å²) < 4.78 is 2.05. The van der Waals surface area contributed by atoms with E-state index in [1.54, 1.807) is 17.4 Å². The Morgan fingerprint density at radius 3 is 2.59 bits per heavy atom. The second kappa shape index (κ2) is 13.3. The van der Waals surface area contributed by atoms with Crippen molar-refractivity contribution >= 4 is 74.8 Å². The molecule has 0 spiro atoms. The molecule has 252 valence electrons. The number of aliphatic imine (C=N–C) groups is 1. The van der Waals surface area contributed by atoms with Crippen LogP contribution in [0.5, 0.6) is 0 Å². The third-order valence-electron chi connectivity index (χ3n) is 8.72. The highest BCUT2D eigenvalue weighted by atomic mass is 35.5. The summed E-state index contributed by atoms with van der Waals surface area (Å²) in [5, 5.41) is 16.9. The van der Waals surface area contributed by atoms with E-state index >= 15 is 0 Å². The number of piperazine rings is 1. The fourth-order valence-electron chi connectivity index (χ4n) is 5.93. The van der Waals surface area contributed by atoms with Crippen LogP contribution in [-0.2, 0) is 4.79 Å². The van der Waals surface area contributed by atoms with Gasteiger partial charge in [-0.2, -0.15) is 0 Å². The monoisotopic (exact) mass is 715 g/mol. The lowest BCUT2D eigenvalue weighted by molar-refractivity contribution is -0.131. The SMILES string of the molecule is Cc1nc(Nc2ncc(C(=O)Nc3c(C)cccc3Cl)s2)cc(N2CCN(C(=O)C[C@@H]3N=Cc4c(sc(C)c4C)-n4c(C)nnc43)CC2)n1. The number of aryl methyl sites for hydroxylation is 4. The number of fused-ring (bicyclic) bond motifs is 3. The molecule has 2 N–H and O–H groups in total. The number of nitrogens with one attached hydrogen (secondary N) is 2. The number of benzene rings is 1. The fraction of sp³-hybridized carbons (Fsp3) is 0.333. The molecule has 2 aliphatic rings. The highest BCUT2D eigenvalue weighted by Gasteiger charge is 2.31. The van der Waals surface area contributed by atoms with E-state index in [0.717, 1.165) is 27.8 Å². The average Bonchev–Trinajstić information content (AvgIpc) is 3.75. The molecule has 0 unspecified atom stereocenters. The molecule has 0 radical (unpaired) electrons. The molecule has 13 nitrogen and oxygen atoms in total. The van der Waals surface area contributed by atoms with Crippen molar-refractivity contribution in [2.24, 2.45) is 4.99 Å². The van der Waals surface area contributed by atoms with Gasteiger partial charge in [0.15, 0.2) is 11.0 Å². The maximum absolute atomic E-state index is 13.6. The number of carbonyl (C=O) groups excluding carboxylic acids is 2. The van der Waals surface area contributed by atoms with Crippen molar-refractivity contribution in [3.05, 3.63) is 79.4 Å². The number of carbonyl (C=O) groups is 2. The summed E-state index contributed by atoms with van der Waals surface area (Å²) >= 11 is 9.20. The number of rotatable bonds is 7. The molecule has 16 heteroatoms. The Kier molecular flexibility index (Phi) is 8.90. The molecule has 4 aromatic heterocycles. The van der Waals surface area contributed by atoms with E-state index in [-0.39, 0.29) is 18.2 Å². The molecular formula is C33H34ClN11O2S2. The molecule has 2 aliphatic heterocycles. The van der Waals surface area contributed by atoms with Crippen molar-refractivity contribution in [3.63, 3.8) is 0 Å². The number of nitrogens with zero attached hydrogens (tertiary/aromatic N) is 9. The van der Waals surface area contributed by atoms with E-state index in [0.29, 0.717) is 64.4 Å². The van der Waals surface area contributed by atoms with Gasteiger partial charge < -0.3 is 20.4 Å². The number of aromatic nitrogens is 6. The number of thiophene rings is 1. The van der Waals surface area contributed by atoms with Crippen LogP contribution in [0.25, 0.3) is 5.00 Å². The zero-order chi connectivity index (χ0) is 34.4. The normalized spacial score (nSPS) is 15.5. The standard InChI is InChI=1S/C33H34ClN11O2S2/c1-17-7-6-8-23(34)29(17)40-31(47)25-16-36-33(49-25)39-26-14-27(38-20(4)37-26)43-9-11-44(12-10-43)28(46)13-24-30-42-41-21(5)45(30)32-22(15-35-24)18(2)19(3)48-32/h6-8,14-16,24H,9-13H2,1-5H3,(H,40,47)(H,36,37,38,39)/t24-/m0/s1. The van der Waals surface area contributed by atoms with Gasteiger partial charge in [-0.15, -0.1) is 21.5 Å². The molecule has 0 saturated carbocycles. The van der Waals surface area contributed by atoms with Crippen molar-refractivity contribution in [1.82, 2.24) is 34.6 Å². The minimum atomic E-state index is -0.415. The first-order valence-corrected chi connectivity index (χ1v) is 17.8. The zero-order valence-electron chi connectivity index (χ0n) is 27.6. The Morgan fingerprint density at radius 1 is 1.02 bits per heavy atom. The van der Waals surface area contributed by atoms with E-state index in [1.807, 2.05) is 50.1 Å². The second-order valence-electron chi connectivity index (χ2n) is 12.0. The van der Waals surface area contributed by atoms with Gasteiger partial charge in [-0.25, -0.2) is 15.0 Å². The van der Waals surface area contributed by atoms with Crippen LogP contribution >= 0.6 is 34.3 Å². The van der Waals surface area contributed by atoms with Crippen molar-refractivity contribution in [2.45, 2.75) is 47.1 Å². The maximum atomic E-state index is 13.6. The summed E-state index contributed by atoms with van der Waals surface area (Å²) in [6.45, 7) is 12.2. The molecule has 1 fully saturated rings. The van der Waals surface area contributed by atoms with Gasteiger partial charge in [0.25, 0.3) is 5.91 Å². The number of halogens is 1. The van der Waals surface area contributed by atoms with E-state index in [9.17, 15) is 9.59 Å². The first-order valence-electron chi connectivity index (χ1n) is 15.8. The van der Waals surface area contributed by atoms with Gasteiger partial charge >= 0.3 is 0 Å². The van der Waals surface area contributed by atoms with Crippen LogP contribution in [0.4, 0.5) is 22.5 Å². The minimum Gasteiger partial charge on any atom is -0.353 e. The maximum Gasteiger partial charge on any atom is 0.267 e. The molecule has 5 aromatic rings. The molecule has 1 atom stereocenters. The van der Waals surface area contributed by atoms with Crippen molar-refractivity contribution < 1.29 is 9.59 Å². The first-order chi connectivity index (χ1) is 23.5. The minimum absolute atomic E-state index is 0.0293. The van der Waals surface area contributed by atoms with Gasteiger partial charge in [-0.1, -0.05) is 35.1 Å². The van der Waals surface area contributed by atoms with Crippen LogP contribution in [0.2, 0.25) is 5.02 Å². The van der Waals surface area contributed by atoms with Crippen molar-refractivity contribution in [3.8, 4) is 5.00 Å². The van der Waals surface area contributed by atoms with Gasteiger partial charge in [-0.3, -0.25) is 19.1 Å². The first kappa shape index (κ1) is 32.8. The van der Waals surface area contributed by atoms with Crippen LogP contribution in [0, 0.1) is 34.6 Å². The van der Waals surface area contributed by atoms with Crippen molar-refractivity contribution in [1.29, 1.82) is 0 Å². The van der Waals surface area contributed by atoms with E-state index in [1.165, 1.54) is 28.0 Å². The summed E-state index contributed by atoms with van der Waals surface area (Å²) in [6, 6.07) is 6.90. The van der Waals surface area contributed by atoms with E-state index in [2.05, 4.69) is 59.1 Å². The summed E-state index contributed by atoms with van der Waals surface area (Å²) in [4.78, 5) is 50.6. The number of para-hydroxylation sites is 1. The topological polar surface area (TPSA) is 146 Å². The predicted octanol–water partition coefficient (Wildman–Crippen LogP) is 5.98. The number of hydrogen-bond donors (Lipinski definition) is 2. The number of thiazole rings is 1. The quantitative estimate of drug-likeness (QED) is 0.208. The van der Waals surface area contributed by atoms with Crippen molar-refractivity contribution in [2.75, 3.05) is 41.7 Å². The van der Waals surface area contributed by atoms with Gasteiger partial charge in [0.1, 0.15) is 39.2 Å². The predicted molar refractivity (Wildman–Crippen MR) is 193 cm³/mol.